The van der Waals surface area contributed by atoms with Gasteiger partial charge in [-0.05, 0) is 30.7 Å². The van der Waals surface area contributed by atoms with Crippen LogP contribution >= 0.6 is 11.8 Å². The number of nitrogens with two attached hydrogens (primary N) is 2. The van der Waals surface area contributed by atoms with Gasteiger partial charge >= 0.3 is 0 Å². The van der Waals surface area contributed by atoms with Gasteiger partial charge in [0.1, 0.15) is 11.3 Å². The molecular weight excluding hydrogens is 303 g/mol. The molecule has 5 nitrogen and oxygen atoms in total. The molecule has 3 heterocycles. The van der Waals surface area contributed by atoms with Crippen LogP contribution in [-0.4, -0.2) is 15.9 Å². The molecule has 112 valence electrons. The van der Waals surface area contributed by atoms with Gasteiger partial charge in [-0.25, -0.2) is 9.98 Å². The Morgan fingerprint density at radius 1 is 1.23 bits per heavy atom. The van der Waals surface area contributed by atoms with Crippen molar-refractivity contribution in [1.29, 1.82) is 0 Å². The van der Waals surface area contributed by atoms with E-state index in [2.05, 4.69) is 9.98 Å². The smallest absolute Gasteiger partial charge is 0.256 e. The van der Waals surface area contributed by atoms with Crippen LogP contribution in [-0.2, 0) is 5.54 Å². The number of thioether (sulfide) groups is 1. The van der Waals surface area contributed by atoms with Gasteiger partial charge in [0.25, 0.3) is 5.95 Å². The molecule has 0 saturated heterocycles. The zero-order valence-corrected chi connectivity index (χ0v) is 12.4. The molecule has 2 aromatic rings. The Labute approximate surface area is 130 Å². The van der Waals surface area contributed by atoms with Crippen LogP contribution in [0.15, 0.2) is 35.5 Å². The van der Waals surface area contributed by atoms with Crippen molar-refractivity contribution in [2.45, 2.75) is 12.0 Å². The van der Waals surface area contributed by atoms with Gasteiger partial charge in [-0.3, -0.25) is 0 Å². The maximum atomic E-state index is 14.1. The van der Waals surface area contributed by atoms with Crippen LogP contribution in [0.25, 0.3) is 0 Å². The fraction of sp³-hybridized carbons (Fsp3) is 0.200. The molecule has 0 aliphatic carbocycles. The first kappa shape index (κ1) is 13.4. The summed E-state index contributed by atoms with van der Waals surface area (Å²) in [6.45, 7) is 0. The number of hydrogen-bond acceptors (Lipinski definition) is 6. The lowest BCUT2D eigenvalue weighted by Crippen LogP contribution is -2.35. The number of rotatable bonds is 0. The summed E-state index contributed by atoms with van der Waals surface area (Å²) >= 11 is 1.49. The second-order valence-corrected chi connectivity index (χ2v) is 6.36. The Bertz CT molecular complexity index is 806. The largest absolute Gasteiger partial charge is 0.452 e. The maximum absolute atomic E-state index is 14.1. The zero-order chi connectivity index (χ0) is 15.3. The van der Waals surface area contributed by atoms with E-state index in [0.717, 1.165) is 11.3 Å². The number of amidine groups is 1. The van der Waals surface area contributed by atoms with Crippen molar-refractivity contribution < 1.29 is 9.13 Å². The van der Waals surface area contributed by atoms with Crippen LogP contribution < -0.4 is 16.2 Å². The molecule has 1 atom stereocenters. The first-order valence-corrected chi connectivity index (χ1v) is 7.80. The van der Waals surface area contributed by atoms with Gasteiger partial charge < -0.3 is 16.2 Å². The fourth-order valence-corrected chi connectivity index (χ4v) is 3.86. The van der Waals surface area contributed by atoms with Gasteiger partial charge in [0.2, 0.25) is 0 Å². The van der Waals surface area contributed by atoms with Crippen LogP contribution in [0.3, 0.4) is 0 Å². The lowest BCUT2D eigenvalue weighted by molar-refractivity contribution is 0.362. The molecule has 0 amide bonds. The number of hydrogen-bond donors (Lipinski definition) is 2. The van der Waals surface area contributed by atoms with E-state index in [1.807, 2.05) is 6.07 Å². The molecule has 1 aromatic carbocycles. The minimum Gasteiger partial charge on any atom is -0.452 e. The molecule has 2 aliphatic heterocycles. The number of halogens is 1. The van der Waals surface area contributed by atoms with Crippen molar-refractivity contribution in [2.24, 2.45) is 10.7 Å². The molecular formula is C15H13FN4OS. The number of anilines is 1. The SMILES string of the molecule is NC1=NC2(CCS1)c1cc(N)ccc1Oc1c2ccnc1F. The highest BCUT2D eigenvalue weighted by atomic mass is 32.2. The summed E-state index contributed by atoms with van der Waals surface area (Å²) in [5.41, 5.74) is 13.2. The number of nitrogens with zero attached hydrogens (tertiary/aromatic N) is 2. The van der Waals surface area contributed by atoms with E-state index >= 15 is 0 Å². The molecule has 0 fully saturated rings. The third-order valence-corrected chi connectivity index (χ3v) is 4.78. The van der Waals surface area contributed by atoms with E-state index in [1.165, 1.54) is 18.0 Å². The van der Waals surface area contributed by atoms with E-state index in [9.17, 15) is 4.39 Å². The van der Waals surface area contributed by atoms with Gasteiger partial charge in [0.05, 0.1) is 0 Å². The first-order valence-electron chi connectivity index (χ1n) is 6.81. The van der Waals surface area contributed by atoms with E-state index < -0.39 is 11.5 Å². The van der Waals surface area contributed by atoms with E-state index in [1.54, 1.807) is 18.2 Å². The molecule has 1 unspecified atom stereocenters. The lowest BCUT2D eigenvalue weighted by Gasteiger charge is -2.39. The van der Waals surface area contributed by atoms with Gasteiger partial charge in [-0.2, -0.15) is 4.39 Å². The monoisotopic (exact) mass is 316 g/mol. The molecule has 0 bridgehead atoms. The Hall–Kier alpha value is -2.28. The Balaban J connectivity index is 2.07. The Morgan fingerprint density at radius 3 is 2.91 bits per heavy atom. The standard InChI is InChI=1S/C15H13FN4OS/c16-13-12-9(3-5-19-13)15(4-6-22-14(18)20-15)10-7-8(17)1-2-11(10)21-12/h1-3,5,7H,4,6,17H2,(H2,18,20). The second kappa shape index (κ2) is 4.61. The summed E-state index contributed by atoms with van der Waals surface area (Å²) < 4.78 is 19.9. The van der Waals surface area contributed by atoms with Crippen molar-refractivity contribution >= 4 is 22.6 Å². The van der Waals surface area contributed by atoms with Gasteiger partial charge in [0.15, 0.2) is 10.9 Å². The van der Waals surface area contributed by atoms with Crippen LogP contribution in [0, 0.1) is 5.95 Å². The summed E-state index contributed by atoms with van der Waals surface area (Å²) in [6, 6.07) is 7.01. The normalized spacial score (nSPS) is 22.5. The van der Waals surface area contributed by atoms with Gasteiger partial charge in [-0.15, -0.1) is 0 Å². The minimum absolute atomic E-state index is 0.114. The quantitative estimate of drug-likeness (QED) is 0.576. The van der Waals surface area contributed by atoms with E-state index in [-0.39, 0.29) is 5.75 Å². The molecule has 1 spiro atoms. The van der Waals surface area contributed by atoms with Crippen molar-refractivity contribution in [3.8, 4) is 11.5 Å². The number of fused-ring (bicyclic) bond motifs is 4. The average molecular weight is 316 g/mol. The van der Waals surface area contributed by atoms with Gasteiger partial charge in [0, 0.05) is 28.8 Å². The predicted octanol–water partition coefficient (Wildman–Crippen LogP) is 2.60. The summed E-state index contributed by atoms with van der Waals surface area (Å²) in [5.74, 6) is 0.791. The number of ether oxygens (including phenoxy) is 1. The van der Waals surface area contributed by atoms with Crippen LogP contribution in [0.1, 0.15) is 17.5 Å². The molecule has 7 heteroatoms. The fourth-order valence-electron chi connectivity index (χ4n) is 3.03. The summed E-state index contributed by atoms with van der Waals surface area (Å²) in [4.78, 5) is 8.34. The first-order chi connectivity index (χ1) is 10.6. The Kier molecular flexibility index (Phi) is 2.80. The van der Waals surface area contributed by atoms with Crippen molar-refractivity contribution in [2.75, 3.05) is 11.5 Å². The van der Waals surface area contributed by atoms with E-state index in [0.29, 0.717) is 28.6 Å². The summed E-state index contributed by atoms with van der Waals surface area (Å²) in [6.07, 6.45) is 2.11. The van der Waals surface area contributed by atoms with Crippen molar-refractivity contribution in [3.05, 3.63) is 47.5 Å². The van der Waals surface area contributed by atoms with Crippen LogP contribution in [0.2, 0.25) is 0 Å². The third-order valence-electron chi connectivity index (χ3n) is 3.98. The van der Waals surface area contributed by atoms with Crippen LogP contribution in [0.4, 0.5) is 10.1 Å². The average Bonchev–Trinajstić information content (AvgIpc) is 2.50. The van der Waals surface area contributed by atoms with Gasteiger partial charge in [-0.1, -0.05) is 11.8 Å². The Morgan fingerprint density at radius 2 is 2.09 bits per heavy atom. The maximum Gasteiger partial charge on any atom is 0.256 e. The number of benzene rings is 1. The molecule has 2 aliphatic rings. The number of pyridine rings is 1. The lowest BCUT2D eigenvalue weighted by atomic mass is 9.78. The highest BCUT2D eigenvalue weighted by molar-refractivity contribution is 8.13. The minimum atomic E-state index is -0.766. The van der Waals surface area contributed by atoms with Crippen LogP contribution in [0.5, 0.6) is 11.5 Å². The van der Waals surface area contributed by atoms with Crippen molar-refractivity contribution in [3.63, 3.8) is 0 Å². The third kappa shape index (κ3) is 1.78. The molecule has 1 aromatic heterocycles. The molecule has 4 N–H and O–H groups in total. The highest BCUT2D eigenvalue weighted by Gasteiger charge is 2.45. The molecule has 0 radical (unpaired) electrons. The summed E-state index contributed by atoms with van der Waals surface area (Å²) in [5, 5.41) is 0.477. The van der Waals surface area contributed by atoms with Crippen molar-refractivity contribution in [1.82, 2.24) is 4.98 Å². The molecule has 0 saturated carbocycles. The second-order valence-electron chi connectivity index (χ2n) is 5.24. The highest BCUT2D eigenvalue weighted by Crippen LogP contribution is 2.53. The number of aliphatic imine (C=N–C) groups is 1. The van der Waals surface area contributed by atoms with E-state index in [4.69, 9.17) is 16.2 Å². The number of nitrogen functional groups attached to an aromatic ring is 1. The number of aromatic nitrogens is 1. The molecule has 22 heavy (non-hydrogen) atoms. The molecule has 4 rings (SSSR count). The summed E-state index contributed by atoms with van der Waals surface area (Å²) in [7, 11) is 0. The topological polar surface area (TPSA) is 86.5 Å². The zero-order valence-electron chi connectivity index (χ0n) is 11.5. The predicted molar refractivity (Wildman–Crippen MR) is 84.6 cm³/mol.